The molecule has 4 rings (SSSR count). The summed E-state index contributed by atoms with van der Waals surface area (Å²) in [4.78, 5) is 16.3. The summed E-state index contributed by atoms with van der Waals surface area (Å²) in [5, 5.41) is 19.9. The van der Waals surface area contributed by atoms with Crippen LogP contribution in [0.1, 0.15) is 48.7 Å². The summed E-state index contributed by atoms with van der Waals surface area (Å²) in [6.45, 7) is 4.86. The number of nitrogens with two attached hydrogens (primary N) is 2. The van der Waals surface area contributed by atoms with Gasteiger partial charge in [0.15, 0.2) is 11.5 Å². The first-order chi connectivity index (χ1) is 14.5. The number of amides is 1. The van der Waals surface area contributed by atoms with Crippen molar-refractivity contribution < 1.29 is 4.79 Å². The van der Waals surface area contributed by atoms with E-state index in [2.05, 4.69) is 37.8 Å². The first-order valence-electron chi connectivity index (χ1n) is 10.3. The number of hydrogen-bond acceptors (Lipinski definition) is 8. The maximum absolute atomic E-state index is 11.9. The molecule has 0 spiro atoms. The number of benzene rings is 1. The van der Waals surface area contributed by atoms with Crippen LogP contribution in [-0.4, -0.2) is 43.0 Å². The highest BCUT2D eigenvalue weighted by molar-refractivity contribution is 5.96. The van der Waals surface area contributed by atoms with E-state index in [-0.39, 0.29) is 23.6 Å². The molecule has 1 saturated carbocycles. The van der Waals surface area contributed by atoms with Gasteiger partial charge < -0.3 is 22.1 Å². The second kappa shape index (κ2) is 8.23. The first-order valence-corrected chi connectivity index (χ1v) is 10.3. The average Bonchev–Trinajstić information content (AvgIpc) is 3.13. The van der Waals surface area contributed by atoms with Gasteiger partial charge in [0.25, 0.3) is 5.91 Å². The molecule has 2 atom stereocenters. The Hall–Kier alpha value is -3.27. The second-order valence-electron chi connectivity index (χ2n) is 7.71. The Morgan fingerprint density at radius 3 is 2.80 bits per heavy atom. The monoisotopic (exact) mass is 409 g/mol. The zero-order chi connectivity index (χ0) is 21.3. The quantitative estimate of drug-likeness (QED) is 0.483. The number of carbonyl (C=O) groups is 1. The van der Waals surface area contributed by atoms with Crippen LogP contribution in [0.4, 0.5) is 17.5 Å². The fourth-order valence-corrected chi connectivity index (χ4v) is 4.04. The Morgan fingerprint density at radius 1 is 1.27 bits per heavy atom. The third kappa shape index (κ3) is 3.90. The minimum absolute atomic E-state index is 0.0181. The van der Waals surface area contributed by atoms with Crippen LogP contribution in [0.3, 0.4) is 0 Å². The molecule has 0 radical (unpaired) electrons. The summed E-state index contributed by atoms with van der Waals surface area (Å²) >= 11 is 0. The molecule has 30 heavy (non-hydrogen) atoms. The summed E-state index contributed by atoms with van der Waals surface area (Å²) in [6, 6.07) is 4.05. The smallest absolute Gasteiger partial charge is 0.273 e. The van der Waals surface area contributed by atoms with E-state index < -0.39 is 5.91 Å². The SMILES string of the molecule is CCn1ncc2cc(Nc3nc(N[C@@H]4CCCC[C@@H]4N)nnc3C(N)=O)cc(C)c21. The van der Waals surface area contributed by atoms with E-state index in [1.54, 1.807) is 0 Å². The maximum atomic E-state index is 11.9. The molecule has 10 nitrogen and oxygen atoms in total. The number of aryl methyl sites for hydroxylation is 2. The van der Waals surface area contributed by atoms with Gasteiger partial charge in [-0.15, -0.1) is 10.2 Å². The highest BCUT2D eigenvalue weighted by atomic mass is 16.1. The van der Waals surface area contributed by atoms with Crippen LogP contribution >= 0.6 is 0 Å². The van der Waals surface area contributed by atoms with E-state index in [0.717, 1.165) is 54.4 Å². The Bertz CT molecular complexity index is 1080. The normalized spacial score (nSPS) is 19.0. The van der Waals surface area contributed by atoms with Crippen LogP contribution in [0.5, 0.6) is 0 Å². The summed E-state index contributed by atoms with van der Waals surface area (Å²) in [5.74, 6) is -0.123. The van der Waals surface area contributed by atoms with Gasteiger partial charge in [0.1, 0.15) is 0 Å². The highest BCUT2D eigenvalue weighted by Crippen LogP contribution is 2.27. The van der Waals surface area contributed by atoms with Crippen molar-refractivity contribution in [3.8, 4) is 0 Å². The molecule has 0 bridgehead atoms. The van der Waals surface area contributed by atoms with Gasteiger partial charge in [-0.05, 0) is 44.4 Å². The molecule has 1 aromatic carbocycles. The summed E-state index contributed by atoms with van der Waals surface area (Å²) in [6.07, 6.45) is 5.96. The number of fused-ring (bicyclic) bond motifs is 1. The minimum atomic E-state index is -0.699. The van der Waals surface area contributed by atoms with Gasteiger partial charge in [0.05, 0.1) is 11.7 Å². The molecule has 0 aliphatic heterocycles. The zero-order valence-corrected chi connectivity index (χ0v) is 17.2. The summed E-state index contributed by atoms with van der Waals surface area (Å²) < 4.78 is 1.95. The third-order valence-electron chi connectivity index (χ3n) is 5.54. The first kappa shape index (κ1) is 20.0. The van der Waals surface area contributed by atoms with Crippen molar-refractivity contribution in [1.29, 1.82) is 0 Å². The zero-order valence-electron chi connectivity index (χ0n) is 17.2. The Kier molecular flexibility index (Phi) is 5.49. The lowest BCUT2D eigenvalue weighted by atomic mass is 9.91. The molecule has 1 amide bonds. The van der Waals surface area contributed by atoms with Crippen LogP contribution < -0.4 is 22.1 Å². The molecule has 1 aliphatic rings. The van der Waals surface area contributed by atoms with E-state index in [1.165, 1.54) is 0 Å². The van der Waals surface area contributed by atoms with Crippen LogP contribution in [0.15, 0.2) is 18.3 Å². The largest absolute Gasteiger partial charge is 0.364 e. The van der Waals surface area contributed by atoms with Crippen molar-refractivity contribution >= 4 is 34.3 Å². The van der Waals surface area contributed by atoms with E-state index >= 15 is 0 Å². The Morgan fingerprint density at radius 2 is 2.07 bits per heavy atom. The van der Waals surface area contributed by atoms with Crippen molar-refractivity contribution in [3.63, 3.8) is 0 Å². The molecule has 0 saturated heterocycles. The molecule has 10 heteroatoms. The van der Waals surface area contributed by atoms with Crippen LogP contribution in [0, 0.1) is 6.92 Å². The number of nitrogens with zero attached hydrogens (tertiary/aromatic N) is 5. The molecule has 6 N–H and O–H groups in total. The highest BCUT2D eigenvalue weighted by Gasteiger charge is 2.23. The number of carbonyl (C=O) groups excluding carboxylic acids is 1. The number of hydrogen-bond donors (Lipinski definition) is 4. The molecule has 158 valence electrons. The van der Waals surface area contributed by atoms with E-state index in [4.69, 9.17) is 11.5 Å². The van der Waals surface area contributed by atoms with Crippen LogP contribution in [0.2, 0.25) is 0 Å². The van der Waals surface area contributed by atoms with Gasteiger partial charge in [-0.2, -0.15) is 10.1 Å². The maximum Gasteiger partial charge on any atom is 0.273 e. The fraction of sp³-hybridized carbons (Fsp3) is 0.450. The second-order valence-corrected chi connectivity index (χ2v) is 7.71. The van der Waals surface area contributed by atoms with Gasteiger partial charge in [-0.3, -0.25) is 9.48 Å². The molecule has 2 heterocycles. The number of primary amides is 1. The van der Waals surface area contributed by atoms with Gasteiger partial charge in [-0.25, -0.2) is 0 Å². The van der Waals surface area contributed by atoms with Gasteiger partial charge in [-0.1, -0.05) is 12.8 Å². The molecular formula is C20H27N9O. The van der Waals surface area contributed by atoms with Gasteiger partial charge in [0, 0.05) is 29.7 Å². The average molecular weight is 409 g/mol. The van der Waals surface area contributed by atoms with Crippen LogP contribution in [0.25, 0.3) is 10.9 Å². The van der Waals surface area contributed by atoms with Gasteiger partial charge in [0.2, 0.25) is 5.95 Å². The molecule has 1 fully saturated rings. The Balaban J connectivity index is 1.65. The third-order valence-corrected chi connectivity index (χ3v) is 5.54. The summed E-state index contributed by atoms with van der Waals surface area (Å²) in [5.41, 5.74) is 14.6. The Labute approximate surface area is 174 Å². The topological polar surface area (TPSA) is 150 Å². The van der Waals surface area contributed by atoms with E-state index in [9.17, 15) is 4.79 Å². The van der Waals surface area contributed by atoms with Crippen molar-refractivity contribution in [2.75, 3.05) is 10.6 Å². The lowest BCUT2D eigenvalue weighted by Crippen LogP contribution is -2.43. The standard InChI is InChI=1S/C20H27N9O/c1-3-29-17-11(2)8-13(9-12(17)10-23-29)24-19-16(18(22)30)27-28-20(26-19)25-15-7-5-4-6-14(15)21/h8-10,14-15H,3-7,21H2,1-2H3,(H2,22,30)(H2,24,25,26,28)/t14-,15+/m0/s1. The van der Waals surface area contributed by atoms with E-state index in [0.29, 0.717) is 5.95 Å². The fourth-order valence-electron chi connectivity index (χ4n) is 4.04. The number of anilines is 3. The molecule has 3 aromatic rings. The van der Waals surface area contributed by atoms with Crippen molar-refractivity contribution in [1.82, 2.24) is 25.0 Å². The number of nitrogens with one attached hydrogen (secondary N) is 2. The van der Waals surface area contributed by atoms with Crippen molar-refractivity contribution in [2.45, 2.75) is 58.2 Å². The molecule has 1 aliphatic carbocycles. The van der Waals surface area contributed by atoms with Crippen LogP contribution in [-0.2, 0) is 6.54 Å². The lowest BCUT2D eigenvalue weighted by molar-refractivity contribution is 0.0995. The predicted molar refractivity (Wildman–Crippen MR) is 116 cm³/mol. The van der Waals surface area contributed by atoms with E-state index in [1.807, 2.05) is 29.9 Å². The van der Waals surface area contributed by atoms with Crippen molar-refractivity contribution in [3.05, 3.63) is 29.6 Å². The predicted octanol–water partition coefficient (Wildman–Crippen LogP) is 2.07. The summed E-state index contributed by atoms with van der Waals surface area (Å²) in [7, 11) is 0. The molecule has 0 unspecified atom stereocenters. The van der Waals surface area contributed by atoms with Gasteiger partial charge >= 0.3 is 0 Å². The minimum Gasteiger partial charge on any atom is -0.364 e. The molecule has 2 aromatic heterocycles. The number of rotatable bonds is 6. The number of aromatic nitrogens is 5. The lowest BCUT2D eigenvalue weighted by Gasteiger charge is -2.29. The molecular weight excluding hydrogens is 382 g/mol. The van der Waals surface area contributed by atoms with Crippen molar-refractivity contribution in [2.24, 2.45) is 11.5 Å².